The van der Waals surface area contributed by atoms with Crippen LogP contribution in [-0.2, 0) is 25.5 Å². The molecular weight excluding hydrogens is 550 g/mol. The Bertz CT molecular complexity index is 1420. The summed E-state index contributed by atoms with van der Waals surface area (Å²) >= 11 is 0. The lowest BCUT2D eigenvalue weighted by Gasteiger charge is -2.29. The van der Waals surface area contributed by atoms with Crippen molar-refractivity contribution in [3.63, 3.8) is 0 Å². The van der Waals surface area contributed by atoms with Gasteiger partial charge in [-0.3, -0.25) is 9.59 Å². The topological polar surface area (TPSA) is 152 Å². The van der Waals surface area contributed by atoms with E-state index in [0.717, 1.165) is 18.4 Å². The molecule has 4 N–H and O–H groups in total. The van der Waals surface area contributed by atoms with Gasteiger partial charge in [0.15, 0.2) is 0 Å². The van der Waals surface area contributed by atoms with E-state index in [1.807, 2.05) is 51.1 Å². The number of aromatic nitrogens is 2. The van der Waals surface area contributed by atoms with E-state index in [4.69, 9.17) is 9.47 Å². The minimum absolute atomic E-state index is 0.0879. The molecule has 0 saturated heterocycles. The van der Waals surface area contributed by atoms with Gasteiger partial charge in [0.2, 0.25) is 17.6 Å². The smallest absolute Gasteiger partial charge is 0.407 e. The molecule has 1 fully saturated rings. The first-order chi connectivity index (χ1) is 20.5. The number of imidazole rings is 1. The molecule has 1 saturated carbocycles. The first kappa shape index (κ1) is 31.5. The Hall–Kier alpha value is -4.41. The maximum Gasteiger partial charge on any atom is 0.407 e. The highest BCUT2D eigenvalue weighted by atomic mass is 16.6. The molecule has 11 nitrogen and oxygen atoms in total. The Morgan fingerprint density at radius 3 is 2.42 bits per heavy atom. The van der Waals surface area contributed by atoms with Crippen LogP contribution in [0.5, 0.6) is 0 Å². The highest BCUT2D eigenvalue weighted by molar-refractivity contribution is 5.99. The minimum atomic E-state index is -0.797. The standard InChI is InChI=1S/C32H41N5O6/c1-5-42-30(40)27-35-24-16-15-23(18-25(24)36-27)34-29(39)26(17-20-9-7-6-8-10-20)37-28(38)22-13-11-21(12-14-22)19-33-31(41)43-32(2,3)4/h6-10,15-16,18,21-22,26H,5,11-14,17,19H2,1-4H3,(H,33,41)(H,34,39)(H,35,36)(H,37,38)/t21?,22?,26-/m0/s1. The van der Waals surface area contributed by atoms with E-state index in [0.29, 0.717) is 42.5 Å². The molecule has 1 aromatic heterocycles. The lowest BCUT2D eigenvalue weighted by molar-refractivity contribution is -0.130. The van der Waals surface area contributed by atoms with Gasteiger partial charge in [0.05, 0.1) is 17.6 Å². The Balaban J connectivity index is 1.37. The number of ether oxygens (including phenoxy) is 2. The van der Waals surface area contributed by atoms with Gasteiger partial charge in [0.25, 0.3) is 0 Å². The monoisotopic (exact) mass is 591 g/mol. The highest BCUT2D eigenvalue weighted by Gasteiger charge is 2.30. The van der Waals surface area contributed by atoms with E-state index >= 15 is 0 Å². The van der Waals surface area contributed by atoms with Crippen molar-refractivity contribution < 1.29 is 28.7 Å². The van der Waals surface area contributed by atoms with Crippen LogP contribution in [0.25, 0.3) is 11.0 Å². The summed E-state index contributed by atoms with van der Waals surface area (Å²) < 4.78 is 10.3. The first-order valence-corrected chi connectivity index (χ1v) is 14.8. The second-order valence-electron chi connectivity index (χ2n) is 11.9. The number of hydrogen-bond acceptors (Lipinski definition) is 7. The summed E-state index contributed by atoms with van der Waals surface area (Å²) in [7, 11) is 0. The van der Waals surface area contributed by atoms with Gasteiger partial charge in [-0.2, -0.15) is 0 Å². The summed E-state index contributed by atoms with van der Waals surface area (Å²) in [5.74, 6) is -0.920. The largest absolute Gasteiger partial charge is 0.460 e. The van der Waals surface area contributed by atoms with Gasteiger partial charge in [-0.25, -0.2) is 14.6 Å². The van der Waals surface area contributed by atoms with Crippen molar-refractivity contribution in [1.82, 2.24) is 20.6 Å². The molecule has 2 aromatic carbocycles. The van der Waals surface area contributed by atoms with Gasteiger partial charge >= 0.3 is 12.1 Å². The quantitative estimate of drug-likeness (QED) is 0.249. The fourth-order valence-corrected chi connectivity index (χ4v) is 5.13. The lowest BCUT2D eigenvalue weighted by Crippen LogP contribution is -2.48. The van der Waals surface area contributed by atoms with Gasteiger partial charge in [0.1, 0.15) is 11.6 Å². The number of nitrogens with zero attached hydrogens (tertiary/aromatic N) is 1. The normalized spacial score (nSPS) is 17.5. The first-order valence-electron chi connectivity index (χ1n) is 14.8. The zero-order chi connectivity index (χ0) is 31.0. The van der Waals surface area contributed by atoms with E-state index in [9.17, 15) is 19.2 Å². The van der Waals surface area contributed by atoms with Gasteiger partial charge in [-0.05, 0) is 83.1 Å². The highest BCUT2D eigenvalue weighted by Crippen LogP contribution is 2.29. The molecule has 0 radical (unpaired) electrons. The molecule has 1 atom stereocenters. The molecule has 0 spiro atoms. The van der Waals surface area contributed by atoms with E-state index in [1.165, 1.54) is 0 Å². The summed E-state index contributed by atoms with van der Waals surface area (Å²) in [5, 5.41) is 8.73. The van der Waals surface area contributed by atoms with Crippen molar-refractivity contribution in [3.05, 3.63) is 59.9 Å². The number of carbonyl (C=O) groups excluding carboxylic acids is 4. The summed E-state index contributed by atoms with van der Waals surface area (Å²) in [6.45, 7) is 7.92. The maximum absolute atomic E-state index is 13.5. The molecule has 1 aliphatic carbocycles. The van der Waals surface area contributed by atoms with Crippen LogP contribution in [0.15, 0.2) is 48.5 Å². The number of benzene rings is 2. The van der Waals surface area contributed by atoms with Crippen molar-refractivity contribution in [2.45, 2.75) is 71.4 Å². The third-order valence-electron chi connectivity index (χ3n) is 7.29. The van der Waals surface area contributed by atoms with Crippen molar-refractivity contribution in [2.75, 3.05) is 18.5 Å². The Morgan fingerprint density at radius 1 is 1.02 bits per heavy atom. The number of aromatic amines is 1. The van der Waals surface area contributed by atoms with Crippen molar-refractivity contribution in [3.8, 4) is 0 Å². The molecule has 3 amide bonds. The number of esters is 1. The van der Waals surface area contributed by atoms with Crippen LogP contribution in [0.4, 0.5) is 10.5 Å². The van der Waals surface area contributed by atoms with E-state index in [1.54, 1.807) is 25.1 Å². The van der Waals surface area contributed by atoms with Gasteiger partial charge < -0.3 is 30.4 Å². The van der Waals surface area contributed by atoms with Gasteiger partial charge in [0, 0.05) is 24.6 Å². The fourth-order valence-electron chi connectivity index (χ4n) is 5.13. The molecule has 0 bridgehead atoms. The molecule has 1 heterocycles. The summed E-state index contributed by atoms with van der Waals surface area (Å²) in [6.07, 6.45) is 2.82. The van der Waals surface area contributed by atoms with E-state index < -0.39 is 23.7 Å². The average Bonchev–Trinajstić information content (AvgIpc) is 3.39. The van der Waals surface area contributed by atoms with Gasteiger partial charge in [-0.1, -0.05) is 30.3 Å². The molecule has 3 aromatic rings. The molecule has 230 valence electrons. The van der Waals surface area contributed by atoms with Crippen molar-refractivity contribution in [1.29, 1.82) is 0 Å². The van der Waals surface area contributed by atoms with Gasteiger partial charge in [-0.15, -0.1) is 0 Å². The molecule has 11 heteroatoms. The molecule has 4 rings (SSSR count). The van der Waals surface area contributed by atoms with Crippen LogP contribution in [0.2, 0.25) is 0 Å². The van der Waals surface area contributed by atoms with Crippen LogP contribution in [0.1, 0.15) is 69.6 Å². The summed E-state index contributed by atoms with van der Waals surface area (Å²) in [5.41, 5.74) is 2.00. The number of carbonyl (C=O) groups is 4. The number of H-pyrrole nitrogens is 1. The molecule has 1 aliphatic rings. The molecule has 0 aliphatic heterocycles. The zero-order valence-corrected chi connectivity index (χ0v) is 25.2. The fraction of sp³-hybridized carbons (Fsp3) is 0.469. The number of anilines is 1. The number of nitrogens with one attached hydrogen (secondary N) is 4. The number of hydrogen-bond donors (Lipinski definition) is 4. The average molecular weight is 592 g/mol. The van der Waals surface area contributed by atoms with Crippen LogP contribution in [0.3, 0.4) is 0 Å². The zero-order valence-electron chi connectivity index (χ0n) is 25.2. The Kier molecular flexibility index (Phi) is 10.4. The maximum atomic E-state index is 13.5. The number of rotatable bonds is 10. The number of amides is 3. The predicted octanol–water partition coefficient (Wildman–Crippen LogP) is 4.74. The molecule has 43 heavy (non-hydrogen) atoms. The van der Waals surface area contributed by atoms with Crippen LogP contribution in [-0.4, -0.2) is 58.6 Å². The van der Waals surface area contributed by atoms with Crippen molar-refractivity contribution >= 4 is 40.6 Å². The van der Waals surface area contributed by atoms with Crippen LogP contribution in [0, 0.1) is 11.8 Å². The predicted molar refractivity (Wildman–Crippen MR) is 162 cm³/mol. The minimum Gasteiger partial charge on any atom is -0.460 e. The van der Waals surface area contributed by atoms with E-state index in [-0.39, 0.29) is 36.1 Å². The molecule has 0 unspecified atom stereocenters. The second kappa shape index (κ2) is 14.2. The number of fused-ring (bicyclic) bond motifs is 1. The number of alkyl carbamates (subject to hydrolysis) is 1. The third-order valence-corrected chi connectivity index (χ3v) is 7.29. The Morgan fingerprint density at radius 2 is 1.74 bits per heavy atom. The van der Waals surface area contributed by atoms with Crippen LogP contribution >= 0.6 is 0 Å². The van der Waals surface area contributed by atoms with Crippen LogP contribution < -0.4 is 16.0 Å². The SMILES string of the molecule is CCOC(=O)c1nc2ccc(NC(=O)[C@H](Cc3ccccc3)NC(=O)C3CCC(CNC(=O)OC(C)(C)C)CC3)cc2[nH]1. The third kappa shape index (κ3) is 9.29. The van der Waals surface area contributed by atoms with Crippen molar-refractivity contribution in [2.24, 2.45) is 11.8 Å². The second-order valence-corrected chi connectivity index (χ2v) is 11.9. The molecular formula is C32H41N5O6. The Labute approximate surface area is 251 Å². The summed E-state index contributed by atoms with van der Waals surface area (Å²) in [4.78, 5) is 58.1. The van der Waals surface area contributed by atoms with E-state index in [2.05, 4.69) is 25.9 Å². The lowest BCUT2D eigenvalue weighted by atomic mass is 9.81. The summed E-state index contributed by atoms with van der Waals surface area (Å²) in [6, 6.07) is 13.8.